The molecule has 31 heavy (non-hydrogen) atoms. The molecule has 3 aliphatic rings. The second-order valence-electron chi connectivity index (χ2n) is 8.22. The van der Waals surface area contributed by atoms with Gasteiger partial charge >= 0.3 is 0 Å². The van der Waals surface area contributed by atoms with Crippen LogP contribution in [-0.4, -0.2) is 58.7 Å². The highest BCUT2D eigenvalue weighted by Crippen LogP contribution is 2.54. The molecule has 7 nitrogen and oxygen atoms in total. The number of carbonyl (C=O) groups excluding carboxylic acids is 1. The lowest BCUT2D eigenvalue weighted by molar-refractivity contribution is -0.123. The van der Waals surface area contributed by atoms with E-state index in [1.54, 1.807) is 17.4 Å². The minimum absolute atomic E-state index is 0.00278. The molecule has 5 rings (SSSR count). The van der Waals surface area contributed by atoms with Gasteiger partial charge in [-0.25, -0.2) is 4.98 Å². The molecular formula is C23H27N3O4S. The summed E-state index contributed by atoms with van der Waals surface area (Å²) in [7, 11) is 0. The summed E-state index contributed by atoms with van der Waals surface area (Å²) in [4.78, 5) is 27.6. The SMILES string of the molecule is O=C(/C=C/c1ccccc1)NC[C@H]1[C@H]2CN(Cc3nccs3)C[C@]23CC[C@H]1O3.O=CO. The quantitative estimate of drug-likeness (QED) is 0.529. The molecule has 1 aromatic carbocycles. The van der Waals surface area contributed by atoms with Crippen LogP contribution in [0.15, 0.2) is 48.0 Å². The number of aromatic nitrogens is 1. The molecule has 2 bridgehead atoms. The zero-order valence-corrected chi connectivity index (χ0v) is 18.0. The summed E-state index contributed by atoms with van der Waals surface area (Å²) < 4.78 is 6.48. The lowest BCUT2D eigenvalue weighted by atomic mass is 9.73. The highest BCUT2D eigenvalue weighted by molar-refractivity contribution is 7.09. The number of hydrogen-bond acceptors (Lipinski definition) is 6. The summed E-state index contributed by atoms with van der Waals surface area (Å²) in [6.07, 6.45) is 7.92. The van der Waals surface area contributed by atoms with E-state index in [0.29, 0.717) is 24.5 Å². The number of hydrogen-bond donors (Lipinski definition) is 2. The van der Waals surface area contributed by atoms with E-state index < -0.39 is 0 Å². The monoisotopic (exact) mass is 441 g/mol. The third kappa shape index (κ3) is 4.87. The van der Waals surface area contributed by atoms with E-state index in [0.717, 1.165) is 38.0 Å². The molecule has 3 saturated heterocycles. The second kappa shape index (κ2) is 9.72. The Morgan fingerprint density at radius 2 is 2.19 bits per heavy atom. The topological polar surface area (TPSA) is 91.8 Å². The van der Waals surface area contributed by atoms with Crippen LogP contribution in [0.2, 0.25) is 0 Å². The number of nitrogens with zero attached hydrogens (tertiary/aromatic N) is 2. The fourth-order valence-electron chi connectivity index (χ4n) is 5.22. The first-order chi connectivity index (χ1) is 15.1. The minimum atomic E-state index is -0.250. The van der Waals surface area contributed by atoms with Crippen LogP contribution < -0.4 is 5.32 Å². The lowest BCUT2D eigenvalue weighted by Gasteiger charge is -2.29. The fraction of sp³-hybridized carbons (Fsp3) is 0.435. The highest BCUT2D eigenvalue weighted by atomic mass is 32.1. The van der Waals surface area contributed by atoms with E-state index in [-0.39, 0.29) is 18.0 Å². The molecule has 164 valence electrons. The van der Waals surface area contributed by atoms with Crippen molar-refractivity contribution >= 4 is 29.8 Å². The van der Waals surface area contributed by atoms with Crippen molar-refractivity contribution in [1.29, 1.82) is 0 Å². The summed E-state index contributed by atoms with van der Waals surface area (Å²) in [5.74, 6) is 0.882. The van der Waals surface area contributed by atoms with Crippen molar-refractivity contribution in [3.63, 3.8) is 0 Å². The van der Waals surface area contributed by atoms with Gasteiger partial charge in [-0.2, -0.15) is 0 Å². The van der Waals surface area contributed by atoms with Crippen LogP contribution in [0, 0.1) is 11.8 Å². The number of ether oxygens (including phenoxy) is 1. The van der Waals surface area contributed by atoms with E-state index in [2.05, 4.69) is 15.2 Å². The van der Waals surface area contributed by atoms with Crippen LogP contribution in [0.3, 0.4) is 0 Å². The maximum absolute atomic E-state index is 12.3. The number of amides is 1. The first kappa shape index (κ1) is 21.7. The molecular weight excluding hydrogens is 414 g/mol. The number of fused-ring (bicyclic) bond motifs is 1. The van der Waals surface area contributed by atoms with Gasteiger partial charge in [-0.05, 0) is 24.5 Å². The molecule has 1 amide bonds. The summed E-state index contributed by atoms with van der Waals surface area (Å²) in [6, 6.07) is 9.91. The maximum Gasteiger partial charge on any atom is 0.290 e. The van der Waals surface area contributed by atoms with E-state index >= 15 is 0 Å². The van der Waals surface area contributed by atoms with Gasteiger partial charge in [0.05, 0.1) is 18.2 Å². The van der Waals surface area contributed by atoms with Crippen molar-refractivity contribution in [2.24, 2.45) is 11.8 Å². The predicted molar refractivity (Wildman–Crippen MR) is 118 cm³/mol. The van der Waals surface area contributed by atoms with Gasteiger partial charge in [0, 0.05) is 49.1 Å². The molecule has 0 radical (unpaired) electrons. The van der Waals surface area contributed by atoms with Gasteiger partial charge in [0.15, 0.2) is 0 Å². The van der Waals surface area contributed by atoms with Gasteiger partial charge in [-0.3, -0.25) is 14.5 Å². The second-order valence-corrected chi connectivity index (χ2v) is 9.20. The normalized spacial score (nSPS) is 28.8. The first-order valence-corrected chi connectivity index (χ1v) is 11.4. The van der Waals surface area contributed by atoms with Gasteiger partial charge in [-0.1, -0.05) is 30.3 Å². The van der Waals surface area contributed by atoms with Crippen molar-refractivity contribution in [1.82, 2.24) is 15.2 Å². The Balaban J connectivity index is 0.000000730. The van der Waals surface area contributed by atoms with Crippen molar-refractivity contribution in [3.05, 3.63) is 58.6 Å². The average molecular weight is 442 g/mol. The van der Waals surface area contributed by atoms with Crippen LogP contribution >= 0.6 is 11.3 Å². The Labute approximate surface area is 185 Å². The van der Waals surface area contributed by atoms with Crippen LogP contribution in [0.4, 0.5) is 0 Å². The van der Waals surface area contributed by atoms with Crippen molar-refractivity contribution in [2.45, 2.75) is 31.1 Å². The number of benzene rings is 1. The molecule has 3 aliphatic heterocycles. The summed E-state index contributed by atoms with van der Waals surface area (Å²) in [5.41, 5.74) is 1.03. The number of thiazole rings is 1. The van der Waals surface area contributed by atoms with E-state index in [1.165, 1.54) is 5.01 Å². The van der Waals surface area contributed by atoms with Crippen molar-refractivity contribution in [2.75, 3.05) is 19.6 Å². The van der Waals surface area contributed by atoms with Gasteiger partial charge in [-0.15, -0.1) is 11.3 Å². The first-order valence-electron chi connectivity index (χ1n) is 10.5. The Morgan fingerprint density at radius 3 is 2.94 bits per heavy atom. The van der Waals surface area contributed by atoms with Gasteiger partial charge < -0.3 is 15.2 Å². The smallest absolute Gasteiger partial charge is 0.290 e. The fourth-order valence-corrected chi connectivity index (χ4v) is 5.87. The van der Waals surface area contributed by atoms with Crippen molar-refractivity contribution < 1.29 is 19.4 Å². The standard InChI is InChI=1S/C22H25N3O2S.CH2O2/c26-20(7-6-16-4-2-1-3-5-16)24-12-17-18-13-25(14-21-23-10-11-28-21)15-22(18)9-8-19(17)27-22;2-1-3/h1-7,10-11,17-19H,8-9,12-15H2,(H,24,26);1H,(H,2,3)/b7-6+;/t17-,18+,19+,22+;/m0./s1. The number of rotatable bonds is 6. The number of nitrogens with one attached hydrogen (secondary N) is 1. The van der Waals surface area contributed by atoms with E-state index in [9.17, 15) is 4.79 Å². The molecule has 0 aliphatic carbocycles. The van der Waals surface area contributed by atoms with Crippen LogP contribution in [0.25, 0.3) is 6.08 Å². The number of likely N-dealkylation sites (tertiary alicyclic amines) is 1. The maximum atomic E-state index is 12.3. The molecule has 4 atom stereocenters. The van der Waals surface area contributed by atoms with Gasteiger partial charge in [0.1, 0.15) is 5.01 Å². The molecule has 0 saturated carbocycles. The minimum Gasteiger partial charge on any atom is -0.483 e. The molecule has 0 unspecified atom stereocenters. The number of carboxylic acid groups (broad SMARTS) is 1. The number of carbonyl (C=O) groups is 2. The van der Waals surface area contributed by atoms with Crippen LogP contribution in [0.1, 0.15) is 23.4 Å². The molecule has 1 spiro atoms. The van der Waals surface area contributed by atoms with E-state index in [4.69, 9.17) is 14.6 Å². The Morgan fingerprint density at radius 1 is 1.39 bits per heavy atom. The Bertz CT molecular complexity index is 905. The average Bonchev–Trinajstić information content (AvgIpc) is 3.54. The third-order valence-corrected chi connectivity index (χ3v) is 7.20. The summed E-state index contributed by atoms with van der Waals surface area (Å²) in [5, 5.41) is 13.2. The molecule has 2 N–H and O–H groups in total. The van der Waals surface area contributed by atoms with Gasteiger partial charge in [0.2, 0.25) is 5.91 Å². The summed E-state index contributed by atoms with van der Waals surface area (Å²) in [6.45, 7) is 3.38. The molecule has 8 heteroatoms. The lowest BCUT2D eigenvalue weighted by Crippen LogP contribution is -2.41. The van der Waals surface area contributed by atoms with Crippen molar-refractivity contribution in [3.8, 4) is 0 Å². The molecule has 1 aromatic heterocycles. The zero-order chi connectivity index (χ0) is 21.7. The molecule has 4 heterocycles. The zero-order valence-electron chi connectivity index (χ0n) is 17.2. The van der Waals surface area contributed by atoms with Crippen LogP contribution in [0.5, 0.6) is 0 Å². The van der Waals surface area contributed by atoms with Gasteiger partial charge in [0.25, 0.3) is 6.47 Å². The Hall–Kier alpha value is -2.55. The molecule has 2 aromatic rings. The third-order valence-electron chi connectivity index (χ3n) is 6.44. The van der Waals surface area contributed by atoms with Crippen LogP contribution in [-0.2, 0) is 20.9 Å². The predicted octanol–water partition coefficient (Wildman–Crippen LogP) is 2.65. The highest BCUT2D eigenvalue weighted by Gasteiger charge is 2.62. The largest absolute Gasteiger partial charge is 0.483 e. The Kier molecular flexibility index (Phi) is 6.80. The molecule has 3 fully saturated rings. The van der Waals surface area contributed by atoms with E-state index in [1.807, 2.05) is 48.0 Å². The summed E-state index contributed by atoms with van der Waals surface area (Å²) >= 11 is 1.72.